The topological polar surface area (TPSA) is 80.0 Å². The third kappa shape index (κ3) is 3.64. The third-order valence-corrected chi connectivity index (χ3v) is 3.01. The second kappa shape index (κ2) is 6.81. The van der Waals surface area contributed by atoms with E-state index in [2.05, 4.69) is 15.3 Å². The van der Waals surface area contributed by atoms with Gasteiger partial charge in [0.15, 0.2) is 0 Å². The Kier molecular flexibility index (Phi) is 4.84. The number of hydrogen-bond acceptors (Lipinski definition) is 4. The van der Waals surface area contributed by atoms with Gasteiger partial charge in [-0.05, 0) is 24.5 Å². The van der Waals surface area contributed by atoms with Crippen LogP contribution in [0.4, 0.5) is 0 Å². The minimum Gasteiger partial charge on any atom is -0.396 e. The summed E-state index contributed by atoms with van der Waals surface area (Å²) in [4.78, 5) is 20.2. The molecule has 2 aromatic rings. The first kappa shape index (κ1) is 14.2. The van der Waals surface area contributed by atoms with Crippen LogP contribution in [-0.2, 0) is 0 Å². The predicted octanol–water partition coefficient (Wildman–Crippen LogP) is 1.02. The summed E-state index contributed by atoms with van der Waals surface area (Å²) in [5.41, 5.74) is 0.555. The van der Waals surface area contributed by atoms with Crippen molar-refractivity contribution < 1.29 is 9.90 Å². The van der Waals surface area contributed by atoms with E-state index in [0.29, 0.717) is 24.3 Å². The molecule has 0 aliphatic rings. The second-order valence-corrected chi connectivity index (χ2v) is 4.70. The van der Waals surface area contributed by atoms with Gasteiger partial charge in [0.25, 0.3) is 5.91 Å². The molecule has 0 aromatic carbocycles. The predicted molar refractivity (Wildman–Crippen MR) is 74.6 cm³/mol. The number of amides is 1. The number of imidazole rings is 1. The molecular weight excluding hydrogens is 256 g/mol. The van der Waals surface area contributed by atoms with Gasteiger partial charge in [0, 0.05) is 37.3 Å². The highest BCUT2D eigenvalue weighted by Crippen LogP contribution is 2.07. The van der Waals surface area contributed by atoms with Crippen LogP contribution in [0.25, 0.3) is 5.82 Å². The fourth-order valence-corrected chi connectivity index (χ4v) is 1.79. The van der Waals surface area contributed by atoms with E-state index >= 15 is 0 Å². The first-order chi connectivity index (χ1) is 9.70. The van der Waals surface area contributed by atoms with Crippen LogP contribution in [0.5, 0.6) is 0 Å². The molecule has 2 rings (SSSR count). The summed E-state index contributed by atoms with van der Waals surface area (Å²) >= 11 is 0. The highest BCUT2D eigenvalue weighted by Gasteiger charge is 2.09. The van der Waals surface area contributed by atoms with Crippen molar-refractivity contribution >= 4 is 5.91 Å². The molecule has 6 heteroatoms. The summed E-state index contributed by atoms with van der Waals surface area (Å²) in [6.07, 6.45) is 7.34. The first-order valence-corrected chi connectivity index (χ1v) is 6.54. The zero-order chi connectivity index (χ0) is 14.4. The van der Waals surface area contributed by atoms with Crippen molar-refractivity contribution in [3.05, 3.63) is 42.6 Å². The first-order valence-electron chi connectivity index (χ1n) is 6.54. The van der Waals surface area contributed by atoms with Crippen LogP contribution in [0.1, 0.15) is 23.7 Å². The summed E-state index contributed by atoms with van der Waals surface area (Å²) in [6.45, 7) is 2.67. The van der Waals surface area contributed by atoms with Crippen molar-refractivity contribution in [1.82, 2.24) is 19.9 Å². The van der Waals surface area contributed by atoms with E-state index in [1.54, 1.807) is 41.6 Å². The van der Waals surface area contributed by atoms with Crippen LogP contribution in [0.3, 0.4) is 0 Å². The standard InChI is InChI=1S/C14H18N4O2/c1-11(3-7-19)9-17-14(20)12-2-4-16-13(8-12)18-6-5-15-10-18/h2,4-6,8,10-11,19H,3,7,9H2,1H3,(H,17,20). The van der Waals surface area contributed by atoms with Gasteiger partial charge in [-0.2, -0.15) is 0 Å². The summed E-state index contributed by atoms with van der Waals surface area (Å²) in [5.74, 6) is 0.760. The van der Waals surface area contributed by atoms with Gasteiger partial charge in [-0.1, -0.05) is 6.92 Å². The number of nitrogens with one attached hydrogen (secondary N) is 1. The Morgan fingerprint density at radius 2 is 2.35 bits per heavy atom. The lowest BCUT2D eigenvalue weighted by molar-refractivity contribution is 0.0945. The Morgan fingerprint density at radius 1 is 1.50 bits per heavy atom. The fraction of sp³-hybridized carbons (Fsp3) is 0.357. The molecule has 2 N–H and O–H groups in total. The maximum Gasteiger partial charge on any atom is 0.251 e. The number of pyridine rings is 1. The quantitative estimate of drug-likeness (QED) is 0.824. The average Bonchev–Trinajstić information content (AvgIpc) is 2.99. The van der Waals surface area contributed by atoms with E-state index in [-0.39, 0.29) is 18.4 Å². The SMILES string of the molecule is CC(CCO)CNC(=O)c1ccnc(-n2ccnc2)c1. The van der Waals surface area contributed by atoms with E-state index in [1.807, 2.05) is 6.92 Å². The summed E-state index contributed by atoms with van der Waals surface area (Å²) in [5, 5.41) is 11.7. The molecule has 6 nitrogen and oxygen atoms in total. The molecule has 0 aliphatic carbocycles. The molecule has 1 unspecified atom stereocenters. The van der Waals surface area contributed by atoms with E-state index in [1.165, 1.54) is 0 Å². The molecule has 0 saturated carbocycles. The minimum absolute atomic E-state index is 0.136. The summed E-state index contributed by atoms with van der Waals surface area (Å²) in [7, 11) is 0. The van der Waals surface area contributed by atoms with Gasteiger partial charge >= 0.3 is 0 Å². The number of aliphatic hydroxyl groups is 1. The van der Waals surface area contributed by atoms with E-state index in [4.69, 9.17) is 5.11 Å². The number of carbonyl (C=O) groups excluding carboxylic acids is 1. The van der Waals surface area contributed by atoms with Gasteiger partial charge in [-0.3, -0.25) is 9.36 Å². The Labute approximate surface area is 117 Å². The molecule has 0 aliphatic heterocycles. The highest BCUT2D eigenvalue weighted by atomic mass is 16.3. The highest BCUT2D eigenvalue weighted by molar-refractivity contribution is 5.94. The molecule has 0 spiro atoms. The maximum atomic E-state index is 12.0. The Bertz CT molecular complexity index is 554. The van der Waals surface area contributed by atoms with Crippen molar-refractivity contribution in [2.75, 3.05) is 13.2 Å². The molecule has 0 bridgehead atoms. The van der Waals surface area contributed by atoms with Gasteiger partial charge in [-0.25, -0.2) is 9.97 Å². The molecule has 0 radical (unpaired) electrons. The second-order valence-electron chi connectivity index (χ2n) is 4.70. The molecule has 2 aromatic heterocycles. The molecule has 0 fully saturated rings. The van der Waals surface area contributed by atoms with Gasteiger partial charge < -0.3 is 10.4 Å². The van der Waals surface area contributed by atoms with Crippen molar-refractivity contribution in [1.29, 1.82) is 0 Å². The number of hydrogen-bond donors (Lipinski definition) is 2. The van der Waals surface area contributed by atoms with Crippen molar-refractivity contribution in [3.8, 4) is 5.82 Å². The minimum atomic E-state index is -0.140. The van der Waals surface area contributed by atoms with Crippen LogP contribution in [0, 0.1) is 5.92 Å². The van der Waals surface area contributed by atoms with Crippen LogP contribution >= 0.6 is 0 Å². The third-order valence-electron chi connectivity index (χ3n) is 3.01. The number of rotatable bonds is 6. The van der Waals surface area contributed by atoms with Gasteiger partial charge in [0.1, 0.15) is 12.1 Å². The zero-order valence-electron chi connectivity index (χ0n) is 11.4. The van der Waals surface area contributed by atoms with Gasteiger partial charge in [-0.15, -0.1) is 0 Å². The maximum absolute atomic E-state index is 12.0. The number of nitrogens with zero attached hydrogens (tertiary/aromatic N) is 3. The van der Waals surface area contributed by atoms with Gasteiger partial charge in [0.2, 0.25) is 0 Å². The van der Waals surface area contributed by atoms with Crippen molar-refractivity contribution in [2.45, 2.75) is 13.3 Å². The Morgan fingerprint density at radius 3 is 3.05 bits per heavy atom. The summed E-state index contributed by atoms with van der Waals surface area (Å²) < 4.78 is 1.74. The monoisotopic (exact) mass is 274 g/mol. The zero-order valence-corrected chi connectivity index (χ0v) is 11.4. The van der Waals surface area contributed by atoms with E-state index < -0.39 is 0 Å². The van der Waals surface area contributed by atoms with Crippen LogP contribution in [-0.4, -0.2) is 38.7 Å². The van der Waals surface area contributed by atoms with Crippen LogP contribution < -0.4 is 5.32 Å². The van der Waals surface area contributed by atoms with Crippen molar-refractivity contribution in [2.24, 2.45) is 5.92 Å². The number of aliphatic hydroxyl groups excluding tert-OH is 1. The molecule has 0 saturated heterocycles. The molecule has 2 heterocycles. The van der Waals surface area contributed by atoms with Crippen LogP contribution in [0.2, 0.25) is 0 Å². The Balaban J connectivity index is 2.02. The number of aromatic nitrogens is 3. The van der Waals surface area contributed by atoms with E-state index in [0.717, 1.165) is 0 Å². The lowest BCUT2D eigenvalue weighted by Crippen LogP contribution is -2.28. The molecule has 1 atom stereocenters. The molecule has 20 heavy (non-hydrogen) atoms. The average molecular weight is 274 g/mol. The molecule has 106 valence electrons. The lowest BCUT2D eigenvalue weighted by Gasteiger charge is -2.11. The number of carbonyl (C=O) groups is 1. The fourth-order valence-electron chi connectivity index (χ4n) is 1.79. The molecule has 1 amide bonds. The lowest BCUT2D eigenvalue weighted by atomic mass is 10.1. The van der Waals surface area contributed by atoms with Crippen LogP contribution in [0.15, 0.2) is 37.1 Å². The molecular formula is C14H18N4O2. The Hall–Kier alpha value is -2.21. The van der Waals surface area contributed by atoms with Crippen molar-refractivity contribution in [3.63, 3.8) is 0 Å². The van der Waals surface area contributed by atoms with E-state index in [9.17, 15) is 4.79 Å². The normalized spacial score (nSPS) is 12.1. The summed E-state index contributed by atoms with van der Waals surface area (Å²) in [6, 6.07) is 3.39. The van der Waals surface area contributed by atoms with Gasteiger partial charge in [0.05, 0.1) is 0 Å². The largest absolute Gasteiger partial charge is 0.396 e. The smallest absolute Gasteiger partial charge is 0.251 e.